The second-order valence-corrected chi connectivity index (χ2v) is 5.34. The number of aliphatic hydroxyl groups is 1. The van der Waals surface area contributed by atoms with E-state index in [1.807, 2.05) is 4.90 Å². The van der Waals surface area contributed by atoms with Crippen LogP contribution in [0.25, 0.3) is 0 Å². The van der Waals surface area contributed by atoms with E-state index in [4.69, 9.17) is 4.74 Å². The summed E-state index contributed by atoms with van der Waals surface area (Å²) in [6.45, 7) is 2.45. The van der Waals surface area contributed by atoms with Gasteiger partial charge in [-0.1, -0.05) is 0 Å². The molecule has 0 saturated carbocycles. The van der Waals surface area contributed by atoms with Crippen molar-refractivity contribution < 1.29 is 9.84 Å². The Bertz CT molecular complexity index is 413. The van der Waals surface area contributed by atoms with Gasteiger partial charge in [0.05, 0.1) is 24.4 Å². The largest absolute Gasteiger partial charge is 0.480 e. The minimum atomic E-state index is 0.0778. The highest BCUT2D eigenvalue weighted by Gasteiger charge is 2.20. The van der Waals surface area contributed by atoms with Gasteiger partial charge in [-0.3, -0.25) is 0 Å². The van der Waals surface area contributed by atoms with Crippen molar-refractivity contribution in [3.8, 4) is 5.88 Å². The Morgan fingerprint density at radius 1 is 1.63 bits per heavy atom. The van der Waals surface area contributed by atoms with Gasteiger partial charge in [0, 0.05) is 19.1 Å². The molecule has 1 unspecified atom stereocenters. The van der Waals surface area contributed by atoms with Crippen molar-refractivity contribution in [2.45, 2.75) is 18.9 Å². The van der Waals surface area contributed by atoms with E-state index in [1.165, 1.54) is 6.42 Å². The third-order valence-electron chi connectivity index (χ3n) is 3.15. The van der Waals surface area contributed by atoms with Crippen molar-refractivity contribution in [3.05, 3.63) is 10.7 Å². The average Bonchev–Trinajstić information content (AvgIpc) is 2.92. The summed E-state index contributed by atoms with van der Waals surface area (Å²) in [7, 11) is 1.58. The second kappa shape index (κ2) is 7.02. The number of rotatable bonds is 6. The van der Waals surface area contributed by atoms with Crippen molar-refractivity contribution in [3.63, 3.8) is 0 Å². The first kappa shape index (κ1) is 14.5. The van der Waals surface area contributed by atoms with Crippen LogP contribution in [0.3, 0.4) is 0 Å². The molecule has 0 amide bonds. The fourth-order valence-corrected chi connectivity index (χ4v) is 2.56. The zero-order valence-electron chi connectivity index (χ0n) is 11.0. The Hall–Kier alpha value is -0.920. The number of nitrogens with one attached hydrogen (secondary N) is 1. The number of ether oxygens (including phenoxy) is 1. The first-order valence-electron chi connectivity index (χ1n) is 6.40. The average molecular weight is 331 g/mol. The maximum Gasteiger partial charge on any atom is 0.232 e. The van der Waals surface area contributed by atoms with E-state index in [1.54, 1.807) is 13.3 Å². The quantitative estimate of drug-likeness (QED) is 0.804. The van der Waals surface area contributed by atoms with E-state index in [0.29, 0.717) is 24.4 Å². The van der Waals surface area contributed by atoms with Gasteiger partial charge in [0.2, 0.25) is 11.8 Å². The number of hydrogen-bond acceptors (Lipinski definition) is 6. The van der Waals surface area contributed by atoms with E-state index in [-0.39, 0.29) is 6.61 Å². The molecule has 6 nitrogen and oxygen atoms in total. The third-order valence-corrected chi connectivity index (χ3v) is 3.69. The van der Waals surface area contributed by atoms with Crippen molar-refractivity contribution in [2.75, 3.05) is 38.3 Å². The Labute approximate surface area is 121 Å². The summed E-state index contributed by atoms with van der Waals surface area (Å²) < 4.78 is 5.90. The van der Waals surface area contributed by atoms with Crippen molar-refractivity contribution >= 4 is 21.9 Å². The number of aliphatic hydroxyl groups excluding tert-OH is 1. The molecule has 1 fully saturated rings. The lowest BCUT2D eigenvalue weighted by atomic mass is 10.2. The molecule has 1 aliphatic rings. The van der Waals surface area contributed by atoms with E-state index >= 15 is 0 Å². The summed E-state index contributed by atoms with van der Waals surface area (Å²) in [4.78, 5) is 10.6. The number of aromatic nitrogens is 2. The van der Waals surface area contributed by atoms with Crippen molar-refractivity contribution in [1.29, 1.82) is 0 Å². The summed E-state index contributed by atoms with van der Waals surface area (Å²) in [5, 5.41) is 12.6. The maximum atomic E-state index is 9.19. The van der Waals surface area contributed by atoms with Gasteiger partial charge >= 0.3 is 0 Å². The topological polar surface area (TPSA) is 70.5 Å². The van der Waals surface area contributed by atoms with E-state index < -0.39 is 0 Å². The monoisotopic (exact) mass is 330 g/mol. The highest BCUT2D eigenvalue weighted by atomic mass is 79.9. The third kappa shape index (κ3) is 3.77. The summed E-state index contributed by atoms with van der Waals surface area (Å²) in [6, 6.07) is 0.435. The van der Waals surface area contributed by atoms with Gasteiger partial charge in [-0.2, -0.15) is 4.98 Å². The van der Waals surface area contributed by atoms with E-state index in [2.05, 4.69) is 31.2 Å². The van der Waals surface area contributed by atoms with Gasteiger partial charge in [-0.25, -0.2) is 4.98 Å². The van der Waals surface area contributed by atoms with Crippen LogP contribution in [0, 0.1) is 0 Å². The van der Waals surface area contributed by atoms with Crippen LogP contribution in [0.1, 0.15) is 12.8 Å². The molecule has 1 saturated heterocycles. The van der Waals surface area contributed by atoms with Gasteiger partial charge in [0.1, 0.15) is 0 Å². The predicted octanol–water partition coefficient (Wildman–Crippen LogP) is 0.798. The van der Waals surface area contributed by atoms with Crippen LogP contribution < -0.4 is 15.0 Å². The lowest BCUT2D eigenvalue weighted by molar-refractivity contribution is 0.299. The van der Waals surface area contributed by atoms with Gasteiger partial charge < -0.3 is 20.1 Å². The molecular formula is C12H19BrN4O2. The van der Waals surface area contributed by atoms with Crippen LogP contribution in [-0.4, -0.2) is 54.5 Å². The summed E-state index contributed by atoms with van der Waals surface area (Å²) >= 11 is 3.34. The Morgan fingerprint density at radius 2 is 2.47 bits per heavy atom. The first-order chi connectivity index (χ1) is 9.24. The fraction of sp³-hybridized carbons (Fsp3) is 0.667. The van der Waals surface area contributed by atoms with Crippen molar-refractivity contribution in [2.24, 2.45) is 0 Å². The van der Waals surface area contributed by atoms with Crippen LogP contribution in [0.5, 0.6) is 5.88 Å². The van der Waals surface area contributed by atoms with Gasteiger partial charge in [-0.05, 0) is 35.3 Å². The van der Waals surface area contributed by atoms with Crippen LogP contribution in [0.4, 0.5) is 5.95 Å². The summed E-state index contributed by atoms with van der Waals surface area (Å²) in [6.07, 6.45) is 4.02. The Morgan fingerprint density at radius 3 is 3.11 bits per heavy atom. The number of methoxy groups -OCH3 is 1. The molecule has 1 aromatic heterocycles. The Kier molecular flexibility index (Phi) is 5.35. The molecule has 0 aromatic carbocycles. The molecule has 0 aliphatic carbocycles. The summed E-state index contributed by atoms with van der Waals surface area (Å²) in [5.74, 6) is 1.09. The Balaban J connectivity index is 2.12. The lowest BCUT2D eigenvalue weighted by Gasteiger charge is -2.25. The smallest absolute Gasteiger partial charge is 0.232 e. The maximum absolute atomic E-state index is 9.19. The van der Waals surface area contributed by atoms with Crippen LogP contribution >= 0.6 is 15.9 Å². The minimum Gasteiger partial charge on any atom is -0.480 e. The van der Waals surface area contributed by atoms with E-state index in [9.17, 15) is 5.11 Å². The van der Waals surface area contributed by atoms with Crippen LogP contribution in [-0.2, 0) is 0 Å². The zero-order chi connectivity index (χ0) is 13.7. The zero-order valence-corrected chi connectivity index (χ0v) is 12.6. The normalized spacial score (nSPS) is 18.6. The molecule has 0 bridgehead atoms. The number of hydrogen-bond donors (Lipinski definition) is 2. The fourth-order valence-electron chi connectivity index (χ4n) is 2.21. The molecule has 0 spiro atoms. The lowest BCUT2D eigenvalue weighted by Crippen LogP contribution is -2.40. The molecule has 1 aromatic rings. The van der Waals surface area contributed by atoms with Gasteiger partial charge in [0.25, 0.3) is 0 Å². The highest BCUT2D eigenvalue weighted by molar-refractivity contribution is 9.10. The predicted molar refractivity (Wildman–Crippen MR) is 76.6 cm³/mol. The molecule has 1 atom stereocenters. The SMILES string of the molecule is COc1nc(N(CCO)CC2CCCN2)ncc1Br. The molecule has 1 aliphatic heterocycles. The highest BCUT2D eigenvalue weighted by Crippen LogP contribution is 2.23. The molecule has 2 rings (SSSR count). The molecule has 2 heterocycles. The second-order valence-electron chi connectivity index (χ2n) is 4.49. The standard InChI is InChI=1S/C12H19BrN4O2/c1-19-11-10(13)7-15-12(16-11)17(5-6-18)8-9-3-2-4-14-9/h7,9,14,18H,2-6,8H2,1H3. The molecule has 19 heavy (non-hydrogen) atoms. The number of anilines is 1. The minimum absolute atomic E-state index is 0.0778. The molecule has 0 radical (unpaired) electrons. The molecule has 106 valence electrons. The first-order valence-corrected chi connectivity index (χ1v) is 7.19. The number of halogens is 1. The van der Waals surface area contributed by atoms with Gasteiger partial charge in [-0.15, -0.1) is 0 Å². The number of nitrogens with zero attached hydrogens (tertiary/aromatic N) is 3. The molecular weight excluding hydrogens is 312 g/mol. The molecule has 7 heteroatoms. The van der Waals surface area contributed by atoms with Crippen molar-refractivity contribution in [1.82, 2.24) is 15.3 Å². The van der Waals surface area contributed by atoms with Crippen LogP contribution in [0.2, 0.25) is 0 Å². The van der Waals surface area contributed by atoms with E-state index in [0.717, 1.165) is 24.0 Å². The summed E-state index contributed by atoms with van der Waals surface area (Å²) in [5.41, 5.74) is 0. The van der Waals surface area contributed by atoms with Crippen LogP contribution in [0.15, 0.2) is 10.7 Å². The molecule has 2 N–H and O–H groups in total. The van der Waals surface area contributed by atoms with Gasteiger partial charge in [0.15, 0.2) is 0 Å².